The van der Waals surface area contributed by atoms with E-state index >= 15 is 0 Å². The number of aliphatic carboxylic acids is 1. The van der Waals surface area contributed by atoms with Crippen molar-refractivity contribution in [2.45, 2.75) is 11.8 Å². The molecule has 0 rings (SSSR count). The second-order valence-corrected chi connectivity index (χ2v) is 2.38. The highest BCUT2D eigenvalue weighted by Gasteiger charge is 2.20. The van der Waals surface area contributed by atoms with Gasteiger partial charge in [0.1, 0.15) is 0 Å². The number of carboxylic acid groups (broad SMARTS) is 1. The van der Waals surface area contributed by atoms with Crippen molar-refractivity contribution in [1.29, 1.82) is 0 Å². The Labute approximate surface area is 46.9 Å². The number of rotatable bonds is 1. The molecule has 4 heteroatoms. The normalized spacial score (nSPS) is 18.1. The van der Waals surface area contributed by atoms with Gasteiger partial charge < -0.3 is 10.8 Å². The molecule has 1 atom stereocenters. The van der Waals surface area contributed by atoms with Gasteiger partial charge in [0.2, 0.25) is 0 Å². The van der Waals surface area contributed by atoms with Crippen LogP contribution in [0.15, 0.2) is 0 Å². The van der Waals surface area contributed by atoms with E-state index in [9.17, 15) is 4.79 Å². The van der Waals surface area contributed by atoms with Crippen LogP contribution in [0.2, 0.25) is 0 Å². The van der Waals surface area contributed by atoms with Gasteiger partial charge in [-0.05, 0) is 6.92 Å². The largest absolute Gasteiger partial charge is 0.479 e. The van der Waals surface area contributed by atoms with E-state index in [1.54, 1.807) is 0 Å². The zero-order valence-electron chi connectivity index (χ0n) is 3.88. The molecule has 0 bridgehead atoms. The Balaban J connectivity index is 3.79. The molecule has 0 radical (unpaired) electrons. The maximum Gasteiger partial charge on any atom is 0.333 e. The first-order valence-electron chi connectivity index (χ1n) is 1.69. The molecule has 0 aliphatic carbocycles. The summed E-state index contributed by atoms with van der Waals surface area (Å²) in [6.07, 6.45) is 0. The van der Waals surface area contributed by atoms with Crippen LogP contribution in [0, 0.1) is 0 Å². The number of carbonyl (C=O) groups is 1. The van der Waals surface area contributed by atoms with Gasteiger partial charge in [-0.25, -0.2) is 4.79 Å². The summed E-state index contributed by atoms with van der Waals surface area (Å²) in [6, 6.07) is 0. The summed E-state index contributed by atoms with van der Waals surface area (Å²) in [7, 11) is 0. The smallest absolute Gasteiger partial charge is 0.333 e. The van der Waals surface area contributed by atoms with Gasteiger partial charge in [0, 0.05) is 0 Å². The molecule has 0 amide bonds. The standard InChI is InChI=1S/C3H7NO2S/c1-3(4,7)2(5)6/h7H,4H2,1H3,(H,5,6)/t3-/m1/s1. The minimum Gasteiger partial charge on any atom is -0.479 e. The number of nitrogens with two attached hydrogens (primary N) is 1. The topological polar surface area (TPSA) is 63.3 Å². The molecule has 0 aliphatic heterocycles. The van der Waals surface area contributed by atoms with Crippen LogP contribution in [0.25, 0.3) is 0 Å². The van der Waals surface area contributed by atoms with E-state index in [4.69, 9.17) is 10.8 Å². The molecule has 3 nitrogen and oxygen atoms in total. The highest BCUT2D eigenvalue weighted by Crippen LogP contribution is 2.01. The fourth-order valence-corrected chi connectivity index (χ4v) is 0. The Hall–Kier alpha value is -0.220. The predicted molar refractivity (Wildman–Crippen MR) is 29.2 cm³/mol. The predicted octanol–water partition coefficient (Wildman–Crippen LogP) is -0.324. The van der Waals surface area contributed by atoms with Crippen LogP contribution in [-0.4, -0.2) is 15.9 Å². The second-order valence-electron chi connectivity index (χ2n) is 1.45. The first-order valence-corrected chi connectivity index (χ1v) is 2.14. The van der Waals surface area contributed by atoms with Gasteiger partial charge in [-0.3, -0.25) is 0 Å². The van der Waals surface area contributed by atoms with Gasteiger partial charge >= 0.3 is 5.97 Å². The van der Waals surface area contributed by atoms with Gasteiger partial charge in [-0.1, -0.05) is 0 Å². The van der Waals surface area contributed by atoms with Crippen LogP contribution in [0.4, 0.5) is 0 Å². The van der Waals surface area contributed by atoms with Gasteiger partial charge in [0.25, 0.3) is 0 Å². The van der Waals surface area contributed by atoms with Crippen molar-refractivity contribution in [3.05, 3.63) is 0 Å². The summed E-state index contributed by atoms with van der Waals surface area (Å²) < 4.78 is 0. The number of thiol groups is 1. The van der Waals surface area contributed by atoms with Gasteiger partial charge in [0.05, 0.1) is 0 Å². The SMILES string of the molecule is C[C@@](N)(S)C(=O)O. The van der Waals surface area contributed by atoms with Gasteiger partial charge in [-0.2, -0.15) is 0 Å². The Morgan fingerprint density at radius 3 is 2.14 bits per heavy atom. The lowest BCUT2D eigenvalue weighted by atomic mass is 10.4. The molecule has 0 aromatic rings. The Bertz CT molecular complexity index is 85.4. The van der Waals surface area contributed by atoms with E-state index < -0.39 is 10.8 Å². The van der Waals surface area contributed by atoms with E-state index in [2.05, 4.69) is 12.6 Å². The van der Waals surface area contributed by atoms with Gasteiger partial charge in [-0.15, -0.1) is 12.6 Å². The second kappa shape index (κ2) is 1.71. The summed E-state index contributed by atoms with van der Waals surface area (Å²) in [5, 5.41) is 8.05. The average molecular weight is 121 g/mol. The monoisotopic (exact) mass is 121 g/mol. The molecule has 0 aromatic carbocycles. The Morgan fingerprint density at radius 2 is 2.14 bits per heavy atom. The van der Waals surface area contributed by atoms with Crippen LogP contribution in [-0.2, 0) is 4.79 Å². The lowest BCUT2D eigenvalue weighted by molar-refractivity contribution is -0.139. The fraction of sp³-hybridized carbons (Fsp3) is 0.667. The summed E-state index contributed by atoms with van der Waals surface area (Å²) in [4.78, 5) is 8.43. The molecule has 0 fully saturated rings. The lowest BCUT2D eigenvalue weighted by Crippen LogP contribution is -2.38. The molecule has 0 saturated carbocycles. The summed E-state index contributed by atoms with van der Waals surface area (Å²) in [6.45, 7) is 1.30. The van der Waals surface area contributed by atoms with Crippen LogP contribution >= 0.6 is 12.6 Å². The maximum atomic E-state index is 9.82. The van der Waals surface area contributed by atoms with Crippen LogP contribution in [0.1, 0.15) is 6.92 Å². The highest BCUT2D eigenvalue weighted by molar-refractivity contribution is 7.82. The van der Waals surface area contributed by atoms with Crippen molar-refractivity contribution in [1.82, 2.24) is 0 Å². The van der Waals surface area contributed by atoms with Crippen molar-refractivity contribution < 1.29 is 9.90 Å². The zero-order chi connectivity index (χ0) is 6.08. The van der Waals surface area contributed by atoms with Crippen molar-refractivity contribution in [2.24, 2.45) is 5.73 Å². The Morgan fingerprint density at radius 1 is 2.00 bits per heavy atom. The summed E-state index contributed by atoms with van der Waals surface area (Å²) in [5.41, 5.74) is 4.94. The quantitative estimate of drug-likeness (QED) is 0.329. The summed E-state index contributed by atoms with van der Waals surface area (Å²) in [5.74, 6) is -1.11. The summed E-state index contributed by atoms with van der Waals surface area (Å²) >= 11 is 3.53. The van der Waals surface area contributed by atoms with Crippen molar-refractivity contribution in [3.8, 4) is 0 Å². The average Bonchev–Trinajstić information content (AvgIpc) is 1.31. The molecule has 42 valence electrons. The minimum absolute atomic E-state index is 1.11. The van der Waals surface area contributed by atoms with Crippen LogP contribution in [0.5, 0.6) is 0 Å². The van der Waals surface area contributed by atoms with Crippen LogP contribution < -0.4 is 5.73 Å². The minimum atomic E-state index is -1.39. The first-order chi connectivity index (χ1) is 2.94. The van der Waals surface area contributed by atoms with E-state index in [1.807, 2.05) is 0 Å². The molecule has 0 aromatic heterocycles. The third-order valence-electron chi connectivity index (χ3n) is 0.433. The van der Waals surface area contributed by atoms with E-state index in [0.717, 1.165) is 0 Å². The van der Waals surface area contributed by atoms with Crippen molar-refractivity contribution in [3.63, 3.8) is 0 Å². The van der Waals surface area contributed by atoms with Crippen LogP contribution in [0.3, 0.4) is 0 Å². The third-order valence-corrected chi connectivity index (χ3v) is 0.624. The highest BCUT2D eigenvalue weighted by atomic mass is 32.1. The van der Waals surface area contributed by atoms with Crippen molar-refractivity contribution >= 4 is 18.6 Å². The maximum absolute atomic E-state index is 9.82. The molecular formula is C3H7NO2S. The number of hydrogen-bond acceptors (Lipinski definition) is 3. The molecule has 3 N–H and O–H groups in total. The Kier molecular flexibility index (Phi) is 1.66. The molecule has 0 spiro atoms. The van der Waals surface area contributed by atoms with Crippen molar-refractivity contribution in [2.75, 3.05) is 0 Å². The number of carboxylic acids is 1. The van der Waals surface area contributed by atoms with E-state index in [1.165, 1.54) is 6.92 Å². The zero-order valence-corrected chi connectivity index (χ0v) is 4.77. The lowest BCUT2D eigenvalue weighted by Gasteiger charge is -2.08. The fourth-order valence-electron chi connectivity index (χ4n) is 0. The molecule has 0 aliphatic rings. The molecule has 7 heavy (non-hydrogen) atoms. The van der Waals surface area contributed by atoms with E-state index in [0.29, 0.717) is 0 Å². The van der Waals surface area contributed by atoms with E-state index in [-0.39, 0.29) is 0 Å². The first kappa shape index (κ1) is 6.78. The molecule has 0 unspecified atom stereocenters. The molecule has 0 saturated heterocycles. The number of hydrogen-bond donors (Lipinski definition) is 3. The molecule has 0 heterocycles. The third kappa shape index (κ3) is 2.47. The van der Waals surface area contributed by atoms with Gasteiger partial charge in [0.15, 0.2) is 4.87 Å². The molecular weight excluding hydrogens is 114 g/mol.